The van der Waals surface area contributed by atoms with Crippen molar-refractivity contribution in [2.24, 2.45) is 11.7 Å². The Morgan fingerprint density at radius 3 is 2.74 bits per heavy atom. The Morgan fingerprint density at radius 1 is 1.37 bits per heavy atom. The number of anilines is 1. The lowest BCUT2D eigenvalue weighted by Crippen LogP contribution is -2.35. The van der Waals surface area contributed by atoms with Gasteiger partial charge in [0.2, 0.25) is 0 Å². The molecule has 0 radical (unpaired) electrons. The molecule has 3 nitrogen and oxygen atoms in total. The van der Waals surface area contributed by atoms with Gasteiger partial charge in [0, 0.05) is 26.8 Å². The molecule has 1 fully saturated rings. The van der Waals surface area contributed by atoms with E-state index >= 15 is 0 Å². The van der Waals surface area contributed by atoms with Gasteiger partial charge in [-0.1, -0.05) is 23.7 Å². The van der Waals surface area contributed by atoms with Crippen LogP contribution >= 0.6 is 11.6 Å². The molecule has 0 unspecified atom stereocenters. The van der Waals surface area contributed by atoms with Gasteiger partial charge in [-0.25, -0.2) is 0 Å². The molecule has 0 spiro atoms. The average Bonchev–Trinajstić information content (AvgIpc) is 2.41. The highest BCUT2D eigenvalue weighted by molar-refractivity contribution is 6.33. The van der Waals surface area contributed by atoms with Crippen LogP contribution in [-0.4, -0.2) is 33.4 Å². The maximum absolute atomic E-state index is 6.39. The van der Waals surface area contributed by atoms with E-state index in [0.29, 0.717) is 12.5 Å². The predicted molar refractivity (Wildman–Crippen MR) is 81.0 cm³/mol. The van der Waals surface area contributed by atoms with Crippen LogP contribution in [0.5, 0.6) is 0 Å². The molecule has 1 aliphatic heterocycles. The lowest BCUT2D eigenvalue weighted by atomic mass is 9.96. The van der Waals surface area contributed by atoms with Crippen molar-refractivity contribution in [1.82, 2.24) is 0 Å². The van der Waals surface area contributed by atoms with Gasteiger partial charge in [-0.15, -0.1) is 0 Å². The van der Waals surface area contributed by atoms with Crippen LogP contribution in [0.4, 0.5) is 5.69 Å². The van der Waals surface area contributed by atoms with Crippen LogP contribution in [0, 0.1) is 5.92 Å². The van der Waals surface area contributed by atoms with E-state index in [1.165, 1.54) is 24.1 Å². The summed E-state index contributed by atoms with van der Waals surface area (Å²) in [5.41, 5.74) is 8.14. The first kappa shape index (κ1) is 14.6. The molecule has 2 N–H and O–H groups in total. The molecule has 0 aliphatic carbocycles. The van der Waals surface area contributed by atoms with Crippen LogP contribution in [0.2, 0.25) is 5.02 Å². The van der Waals surface area contributed by atoms with Gasteiger partial charge in [-0.2, -0.15) is 0 Å². The molecule has 19 heavy (non-hydrogen) atoms. The molecule has 0 bridgehead atoms. The summed E-state index contributed by atoms with van der Waals surface area (Å²) in [5, 5.41) is 0.844. The van der Waals surface area contributed by atoms with E-state index in [2.05, 4.69) is 11.0 Å². The zero-order valence-electron chi connectivity index (χ0n) is 11.6. The summed E-state index contributed by atoms with van der Waals surface area (Å²) in [4.78, 5) is 2.40. The maximum atomic E-state index is 6.39. The Morgan fingerprint density at radius 2 is 2.11 bits per heavy atom. The molecule has 1 aliphatic rings. The second-order valence-electron chi connectivity index (χ2n) is 5.17. The van der Waals surface area contributed by atoms with Crippen molar-refractivity contribution in [3.8, 4) is 0 Å². The summed E-state index contributed by atoms with van der Waals surface area (Å²) in [6.07, 6.45) is 3.22. The lowest BCUT2D eigenvalue weighted by Gasteiger charge is -2.35. The van der Waals surface area contributed by atoms with Gasteiger partial charge in [0.1, 0.15) is 0 Å². The summed E-state index contributed by atoms with van der Waals surface area (Å²) < 4.78 is 5.25. The van der Waals surface area contributed by atoms with Crippen molar-refractivity contribution in [1.29, 1.82) is 0 Å². The van der Waals surface area contributed by atoms with Crippen molar-refractivity contribution in [3.05, 3.63) is 28.8 Å². The van der Waals surface area contributed by atoms with Crippen LogP contribution in [0.25, 0.3) is 0 Å². The van der Waals surface area contributed by atoms with E-state index in [4.69, 9.17) is 22.1 Å². The minimum atomic E-state index is 0.660. The molecule has 2 rings (SSSR count). The normalized spacial score (nSPS) is 16.9. The summed E-state index contributed by atoms with van der Waals surface area (Å²) in [5.74, 6) is 0.682. The summed E-state index contributed by atoms with van der Waals surface area (Å²) in [7, 11) is 1.78. The zero-order chi connectivity index (χ0) is 13.7. The van der Waals surface area contributed by atoms with Crippen LogP contribution in [0.1, 0.15) is 18.4 Å². The molecule has 0 saturated carbocycles. The number of benzene rings is 1. The minimum absolute atomic E-state index is 0.660. The molecule has 1 heterocycles. The molecule has 0 aromatic heterocycles. The van der Waals surface area contributed by atoms with E-state index in [1.54, 1.807) is 7.11 Å². The molecule has 4 heteroatoms. The highest BCUT2D eigenvalue weighted by Crippen LogP contribution is 2.33. The number of hydrogen-bond acceptors (Lipinski definition) is 3. The molecule has 1 saturated heterocycles. The highest BCUT2D eigenvalue weighted by Gasteiger charge is 2.22. The van der Waals surface area contributed by atoms with Gasteiger partial charge in [-0.3, -0.25) is 0 Å². The number of halogens is 1. The number of rotatable bonds is 5. The molecule has 0 atom stereocenters. The SMILES string of the molecule is COCC1CCN(c2c(Cl)cccc2CCN)CC1. The van der Waals surface area contributed by atoms with Gasteiger partial charge in [0.05, 0.1) is 10.7 Å². The third kappa shape index (κ3) is 3.62. The van der Waals surface area contributed by atoms with E-state index in [0.717, 1.165) is 31.1 Å². The molecular weight excluding hydrogens is 260 g/mol. The van der Waals surface area contributed by atoms with Crippen molar-refractivity contribution in [3.63, 3.8) is 0 Å². The van der Waals surface area contributed by atoms with E-state index in [1.807, 2.05) is 12.1 Å². The van der Waals surface area contributed by atoms with Gasteiger partial charge in [0.25, 0.3) is 0 Å². The Kier molecular flexibility index (Phi) is 5.49. The first-order valence-electron chi connectivity index (χ1n) is 6.97. The summed E-state index contributed by atoms with van der Waals surface area (Å²) >= 11 is 6.39. The number of hydrogen-bond donors (Lipinski definition) is 1. The second-order valence-corrected chi connectivity index (χ2v) is 5.58. The van der Waals surface area contributed by atoms with E-state index in [-0.39, 0.29) is 0 Å². The molecule has 1 aromatic carbocycles. The van der Waals surface area contributed by atoms with E-state index < -0.39 is 0 Å². The molecular formula is C15H23ClN2O. The van der Waals surface area contributed by atoms with Gasteiger partial charge in [-0.05, 0) is 43.4 Å². The van der Waals surface area contributed by atoms with E-state index in [9.17, 15) is 0 Å². The monoisotopic (exact) mass is 282 g/mol. The number of nitrogens with zero attached hydrogens (tertiary/aromatic N) is 1. The van der Waals surface area contributed by atoms with Crippen LogP contribution in [0.15, 0.2) is 18.2 Å². The standard InChI is InChI=1S/C15H23ClN2O/c1-19-11-12-6-9-18(10-7-12)15-13(5-8-17)3-2-4-14(15)16/h2-4,12H,5-11,17H2,1H3. The third-order valence-electron chi connectivity index (χ3n) is 3.82. The Labute approximate surface area is 120 Å². The molecule has 0 amide bonds. The quantitative estimate of drug-likeness (QED) is 0.902. The second kappa shape index (κ2) is 7.13. The zero-order valence-corrected chi connectivity index (χ0v) is 12.3. The Bertz CT molecular complexity index is 403. The molecule has 1 aromatic rings. The summed E-state index contributed by atoms with van der Waals surface area (Å²) in [6, 6.07) is 6.11. The largest absolute Gasteiger partial charge is 0.384 e. The maximum Gasteiger partial charge on any atom is 0.0642 e. The fraction of sp³-hybridized carbons (Fsp3) is 0.600. The average molecular weight is 283 g/mol. The van der Waals surface area contributed by atoms with Crippen molar-refractivity contribution < 1.29 is 4.74 Å². The predicted octanol–water partition coefficient (Wildman–Crippen LogP) is 2.70. The van der Waals surface area contributed by atoms with Gasteiger partial charge in [0.15, 0.2) is 0 Å². The highest BCUT2D eigenvalue weighted by atomic mass is 35.5. The number of ether oxygens (including phenoxy) is 1. The number of nitrogens with two attached hydrogens (primary N) is 1. The summed E-state index contributed by atoms with van der Waals surface area (Å²) in [6.45, 7) is 3.63. The first-order valence-corrected chi connectivity index (χ1v) is 7.35. The fourth-order valence-electron chi connectivity index (χ4n) is 2.83. The minimum Gasteiger partial charge on any atom is -0.384 e. The van der Waals surface area contributed by atoms with Crippen molar-refractivity contribution >= 4 is 17.3 Å². The number of para-hydroxylation sites is 1. The van der Waals surface area contributed by atoms with Crippen LogP contribution in [-0.2, 0) is 11.2 Å². The van der Waals surface area contributed by atoms with Crippen LogP contribution in [0.3, 0.4) is 0 Å². The molecule has 106 valence electrons. The topological polar surface area (TPSA) is 38.5 Å². The van der Waals surface area contributed by atoms with Crippen molar-refractivity contribution in [2.75, 3.05) is 38.3 Å². The Balaban J connectivity index is 2.10. The first-order chi connectivity index (χ1) is 9.26. The van der Waals surface area contributed by atoms with Crippen molar-refractivity contribution in [2.45, 2.75) is 19.3 Å². The lowest BCUT2D eigenvalue weighted by molar-refractivity contribution is 0.139. The number of piperidine rings is 1. The number of methoxy groups -OCH3 is 1. The van der Waals surface area contributed by atoms with Gasteiger partial charge >= 0.3 is 0 Å². The fourth-order valence-corrected chi connectivity index (χ4v) is 3.14. The smallest absolute Gasteiger partial charge is 0.0642 e. The third-order valence-corrected chi connectivity index (χ3v) is 4.12. The van der Waals surface area contributed by atoms with Crippen LogP contribution < -0.4 is 10.6 Å². The Hall–Kier alpha value is -0.770. The van der Waals surface area contributed by atoms with Gasteiger partial charge < -0.3 is 15.4 Å².